The number of ether oxygens (including phenoxy) is 2. The Morgan fingerprint density at radius 1 is 1.17 bits per heavy atom. The number of halogens is 1. The summed E-state index contributed by atoms with van der Waals surface area (Å²) in [6.07, 6.45) is 0.904. The normalized spacial score (nSPS) is 10.1. The summed E-state index contributed by atoms with van der Waals surface area (Å²) in [5.41, 5.74) is 1.50. The van der Waals surface area contributed by atoms with Crippen molar-refractivity contribution in [2.24, 2.45) is 0 Å². The van der Waals surface area contributed by atoms with Gasteiger partial charge in [-0.05, 0) is 30.7 Å². The monoisotopic (exact) mass is 348 g/mol. The van der Waals surface area contributed by atoms with Crippen LogP contribution in [0.1, 0.15) is 18.9 Å². The second-order valence-corrected chi connectivity index (χ2v) is 5.52. The van der Waals surface area contributed by atoms with E-state index >= 15 is 0 Å². The van der Waals surface area contributed by atoms with E-state index in [0.29, 0.717) is 29.6 Å². The number of nitrogens with one attached hydrogen (secondary N) is 2. The van der Waals surface area contributed by atoms with Gasteiger partial charge in [-0.3, -0.25) is 0 Å². The zero-order chi connectivity index (χ0) is 17.4. The van der Waals surface area contributed by atoms with Gasteiger partial charge in [0.05, 0.1) is 18.7 Å². The molecule has 2 aromatic carbocycles. The molecular weight excluding hydrogens is 328 g/mol. The van der Waals surface area contributed by atoms with E-state index in [-0.39, 0.29) is 6.03 Å². The van der Waals surface area contributed by atoms with Gasteiger partial charge >= 0.3 is 6.03 Å². The van der Waals surface area contributed by atoms with Crippen molar-refractivity contribution in [3.63, 3.8) is 0 Å². The van der Waals surface area contributed by atoms with Gasteiger partial charge in [0.15, 0.2) is 0 Å². The van der Waals surface area contributed by atoms with Crippen molar-refractivity contribution in [3.8, 4) is 11.5 Å². The van der Waals surface area contributed by atoms with Crippen LogP contribution in [0, 0.1) is 0 Å². The molecule has 0 aliphatic rings. The lowest BCUT2D eigenvalue weighted by Crippen LogP contribution is -2.28. The molecule has 0 aliphatic carbocycles. The molecule has 0 bridgehead atoms. The third-order valence-electron chi connectivity index (χ3n) is 3.28. The largest absolute Gasteiger partial charge is 0.496 e. The maximum absolute atomic E-state index is 12.0. The predicted octanol–water partition coefficient (Wildman–Crippen LogP) is 4.46. The molecule has 0 fully saturated rings. The highest BCUT2D eigenvalue weighted by atomic mass is 35.5. The van der Waals surface area contributed by atoms with Crippen LogP contribution in [0.4, 0.5) is 10.5 Å². The summed E-state index contributed by atoms with van der Waals surface area (Å²) in [5, 5.41) is 5.99. The van der Waals surface area contributed by atoms with E-state index in [1.165, 1.54) is 0 Å². The summed E-state index contributed by atoms with van der Waals surface area (Å²) in [6, 6.07) is 12.4. The van der Waals surface area contributed by atoms with E-state index in [4.69, 9.17) is 21.1 Å². The first-order valence-corrected chi connectivity index (χ1v) is 8.11. The summed E-state index contributed by atoms with van der Waals surface area (Å²) in [4.78, 5) is 12.0. The Bertz CT molecular complexity index is 692. The van der Waals surface area contributed by atoms with Crippen LogP contribution in [0.3, 0.4) is 0 Å². The smallest absolute Gasteiger partial charge is 0.319 e. The predicted molar refractivity (Wildman–Crippen MR) is 96.1 cm³/mol. The number of hydrogen-bond donors (Lipinski definition) is 2. The summed E-state index contributed by atoms with van der Waals surface area (Å²) in [6.45, 7) is 2.99. The molecule has 128 valence electrons. The highest BCUT2D eigenvalue weighted by Crippen LogP contribution is 2.27. The van der Waals surface area contributed by atoms with Crippen LogP contribution in [0.2, 0.25) is 5.02 Å². The van der Waals surface area contributed by atoms with E-state index in [0.717, 1.165) is 17.7 Å². The van der Waals surface area contributed by atoms with Gasteiger partial charge in [-0.1, -0.05) is 36.7 Å². The van der Waals surface area contributed by atoms with E-state index in [1.807, 2.05) is 31.2 Å². The second-order valence-electron chi connectivity index (χ2n) is 5.11. The molecule has 2 rings (SSSR count). The molecule has 0 atom stereocenters. The van der Waals surface area contributed by atoms with Gasteiger partial charge < -0.3 is 20.1 Å². The minimum atomic E-state index is -0.320. The Hall–Kier alpha value is -2.40. The molecule has 2 N–H and O–H groups in total. The van der Waals surface area contributed by atoms with Crippen molar-refractivity contribution < 1.29 is 14.3 Å². The van der Waals surface area contributed by atoms with Gasteiger partial charge in [0.2, 0.25) is 0 Å². The van der Waals surface area contributed by atoms with Gasteiger partial charge in [-0.2, -0.15) is 0 Å². The van der Waals surface area contributed by atoms with Crippen molar-refractivity contribution >= 4 is 23.3 Å². The summed E-state index contributed by atoms with van der Waals surface area (Å²) in [7, 11) is 1.60. The summed E-state index contributed by atoms with van der Waals surface area (Å²) in [5.74, 6) is 1.34. The average Bonchev–Trinajstić information content (AvgIpc) is 2.59. The van der Waals surface area contributed by atoms with E-state index in [2.05, 4.69) is 10.6 Å². The molecule has 0 radical (unpaired) electrons. The van der Waals surface area contributed by atoms with Gasteiger partial charge in [-0.15, -0.1) is 0 Å². The molecule has 0 heterocycles. The number of benzene rings is 2. The van der Waals surface area contributed by atoms with Gasteiger partial charge in [-0.25, -0.2) is 4.79 Å². The molecule has 0 aliphatic heterocycles. The molecule has 0 saturated heterocycles. The maximum Gasteiger partial charge on any atom is 0.319 e. The zero-order valence-corrected chi connectivity index (χ0v) is 14.5. The van der Waals surface area contributed by atoms with E-state index in [1.54, 1.807) is 25.3 Å². The molecular formula is C18H21ClN2O3. The van der Waals surface area contributed by atoms with Crippen LogP contribution in [-0.4, -0.2) is 19.7 Å². The number of carbonyl (C=O) groups excluding carboxylic acids is 1. The molecule has 0 unspecified atom stereocenters. The number of rotatable bonds is 7. The highest BCUT2D eigenvalue weighted by molar-refractivity contribution is 6.32. The topological polar surface area (TPSA) is 59.6 Å². The highest BCUT2D eigenvalue weighted by Gasteiger charge is 2.07. The molecule has 24 heavy (non-hydrogen) atoms. The minimum Gasteiger partial charge on any atom is -0.496 e. The molecule has 2 aromatic rings. The fourth-order valence-electron chi connectivity index (χ4n) is 2.11. The average molecular weight is 349 g/mol. The molecule has 2 amide bonds. The van der Waals surface area contributed by atoms with Crippen LogP contribution in [0.15, 0.2) is 42.5 Å². The fourth-order valence-corrected chi connectivity index (χ4v) is 2.34. The summed E-state index contributed by atoms with van der Waals surface area (Å²) >= 11 is 6.15. The van der Waals surface area contributed by atoms with Crippen LogP contribution in [0.5, 0.6) is 11.5 Å². The first-order chi connectivity index (χ1) is 11.6. The van der Waals surface area contributed by atoms with Gasteiger partial charge in [0.1, 0.15) is 11.5 Å². The number of carbonyl (C=O) groups is 1. The lowest BCUT2D eigenvalue weighted by atomic mass is 10.2. The molecule has 5 nitrogen and oxygen atoms in total. The maximum atomic E-state index is 12.0. The Kier molecular flexibility index (Phi) is 6.75. The number of methoxy groups -OCH3 is 1. The third kappa shape index (κ3) is 5.06. The first kappa shape index (κ1) is 17.9. The van der Waals surface area contributed by atoms with Crippen molar-refractivity contribution in [2.75, 3.05) is 19.0 Å². The van der Waals surface area contributed by atoms with E-state index < -0.39 is 0 Å². The van der Waals surface area contributed by atoms with Crippen LogP contribution in [-0.2, 0) is 6.54 Å². The number of anilines is 1. The van der Waals surface area contributed by atoms with Gasteiger partial charge in [0.25, 0.3) is 0 Å². The third-order valence-corrected chi connectivity index (χ3v) is 3.58. The standard InChI is InChI=1S/C18H21ClN2O3/c1-3-10-24-17-9-8-14(11-15(17)19)21-18(22)20-12-13-6-4-5-7-16(13)23-2/h4-9,11H,3,10,12H2,1-2H3,(H2,20,21,22). The lowest BCUT2D eigenvalue weighted by Gasteiger charge is -2.12. The quantitative estimate of drug-likeness (QED) is 0.776. The van der Waals surface area contributed by atoms with E-state index in [9.17, 15) is 4.79 Å². The minimum absolute atomic E-state index is 0.320. The molecule has 0 aromatic heterocycles. The fraction of sp³-hybridized carbons (Fsp3) is 0.278. The van der Waals surface area contributed by atoms with Crippen LogP contribution in [0.25, 0.3) is 0 Å². The Morgan fingerprint density at radius 3 is 2.67 bits per heavy atom. The van der Waals surface area contributed by atoms with Crippen molar-refractivity contribution in [2.45, 2.75) is 19.9 Å². The van der Waals surface area contributed by atoms with Crippen LogP contribution < -0.4 is 20.1 Å². The lowest BCUT2D eigenvalue weighted by molar-refractivity contribution is 0.251. The number of amides is 2. The molecule has 6 heteroatoms. The van der Waals surface area contributed by atoms with Crippen molar-refractivity contribution in [3.05, 3.63) is 53.1 Å². The number of para-hydroxylation sites is 1. The first-order valence-electron chi connectivity index (χ1n) is 7.73. The SMILES string of the molecule is CCCOc1ccc(NC(=O)NCc2ccccc2OC)cc1Cl. The number of hydrogen-bond acceptors (Lipinski definition) is 3. The van der Waals surface area contributed by atoms with Crippen LogP contribution >= 0.6 is 11.6 Å². The Balaban J connectivity index is 1.91. The Labute approximate surface area is 146 Å². The Morgan fingerprint density at radius 2 is 1.96 bits per heavy atom. The molecule has 0 spiro atoms. The number of urea groups is 1. The van der Waals surface area contributed by atoms with Crippen molar-refractivity contribution in [1.82, 2.24) is 5.32 Å². The zero-order valence-electron chi connectivity index (χ0n) is 13.8. The summed E-state index contributed by atoms with van der Waals surface area (Å²) < 4.78 is 10.8. The second kappa shape index (κ2) is 9.03. The molecule has 0 saturated carbocycles. The van der Waals surface area contributed by atoms with Gasteiger partial charge in [0, 0.05) is 17.8 Å². The van der Waals surface area contributed by atoms with Crippen molar-refractivity contribution in [1.29, 1.82) is 0 Å².